The first-order valence-electron chi connectivity index (χ1n) is 9.12. The predicted molar refractivity (Wildman–Crippen MR) is 86.7 cm³/mol. The van der Waals surface area contributed by atoms with Crippen LogP contribution in [0.3, 0.4) is 0 Å². The van der Waals surface area contributed by atoms with Gasteiger partial charge in [-0.05, 0) is 38.8 Å². The molecule has 1 aliphatic rings. The smallest absolute Gasteiger partial charge is 0.00952 e. The second-order valence-electron chi connectivity index (χ2n) is 6.45. The first-order chi connectivity index (χ1) is 9.38. The zero-order chi connectivity index (χ0) is 13.8. The van der Waals surface area contributed by atoms with E-state index in [9.17, 15) is 0 Å². The summed E-state index contributed by atoms with van der Waals surface area (Å²) < 4.78 is 0. The Bertz CT molecular complexity index is 172. The Morgan fingerprint density at radius 1 is 0.684 bits per heavy atom. The first-order valence-corrected chi connectivity index (χ1v) is 9.12. The van der Waals surface area contributed by atoms with E-state index in [2.05, 4.69) is 18.7 Å². The number of hydrogen-bond donors (Lipinski definition) is 0. The maximum absolute atomic E-state index is 2.82. The molecule has 0 aromatic heterocycles. The lowest BCUT2D eigenvalue weighted by Gasteiger charge is -2.35. The highest BCUT2D eigenvalue weighted by molar-refractivity contribution is 4.75. The minimum Gasteiger partial charge on any atom is -0.300 e. The minimum atomic E-state index is 0.911. The summed E-state index contributed by atoms with van der Waals surface area (Å²) in [6.45, 7) is 7.39. The number of likely N-dealkylation sites (tertiary alicyclic amines) is 1. The summed E-state index contributed by atoms with van der Waals surface area (Å²) in [6.07, 6.45) is 18.7. The molecule has 0 amide bonds. The van der Waals surface area contributed by atoms with Gasteiger partial charge in [-0.2, -0.15) is 0 Å². The molecule has 0 atom stereocenters. The topological polar surface area (TPSA) is 3.24 Å². The summed E-state index contributed by atoms with van der Waals surface area (Å²) in [7, 11) is 0. The zero-order valence-electron chi connectivity index (χ0n) is 13.6. The Kier molecular flexibility index (Phi) is 10.5. The highest BCUT2D eigenvalue weighted by Crippen LogP contribution is 2.21. The van der Waals surface area contributed by atoms with E-state index in [0.29, 0.717) is 0 Å². The quantitative estimate of drug-likeness (QED) is 0.429. The number of rotatable bonds is 11. The third kappa shape index (κ3) is 7.97. The van der Waals surface area contributed by atoms with Gasteiger partial charge in [-0.15, -0.1) is 0 Å². The van der Waals surface area contributed by atoms with Gasteiger partial charge in [0.05, 0.1) is 0 Å². The molecule has 1 saturated heterocycles. The Hall–Kier alpha value is -0.0400. The van der Waals surface area contributed by atoms with Crippen LogP contribution in [0.4, 0.5) is 0 Å². The van der Waals surface area contributed by atoms with E-state index in [-0.39, 0.29) is 0 Å². The van der Waals surface area contributed by atoms with Gasteiger partial charge < -0.3 is 4.90 Å². The summed E-state index contributed by atoms with van der Waals surface area (Å²) in [5.41, 5.74) is 0. The van der Waals surface area contributed by atoms with Gasteiger partial charge >= 0.3 is 0 Å². The molecule has 0 radical (unpaired) electrons. The van der Waals surface area contributed by atoms with Crippen LogP contribution in [0.25, 0.3) is 0 Å². The van der Waals surface area contributed by atoms with Crippen LogP contribution in [0.15, 0.2) is 0 Å². The molecule has 0 spiro atoms. The Labute approximate surface area is 122 Å². The lowest BCUT2D eigenvalue weighted by atomic mass is 9.97. The fourth-order valence-corrected chi connectivity index (χ4v) is 3.41. The van der Waals surface area contributed by atoms with Gasteiger partial charge in [-0.1, -0.05) is 71.6 Å². The lowest BCUT2D eigenvalue weighted by Crippen LogP contribution is -2.39. The largest absolute Gasteiger partial charge is 0.300 e. The zero-order valence-corrected chi connectivity index (χ0v) is 13.6. The van der Waals surface area contributed by atoms with E-state index in [1.165, 1.54) is 96.6 Å². The third-order valence-electron chi connectivity index (χ3n) is 4.69. The number of unbranched alkanes of at least 4 members (excludes halogenated alkanes) is 6. The van der Waals surface area contributed by atoms with E-state index in [4.69, 9.17) is 0 Å². The van der Waals surface area contributed by atoms with Gasteiger partial charge in [0.15, 0.2) is 0 Å². The van der Waals surface area contributed by atoms with Gasteiger partial charge in [0.2, 0.25) is 0 Å². The molecular formula is C18H37N. The maximum atomic E-state index is 2.82. The van der Waals surface area contributed by atoms with Gasteiger partial charge in [0.1, 0.15) is 0 Å². The Morgan fingerprint density at radius 3 is 1.68 bits per heavy atom. The van der Waals surface area contributed by atoms with E-state index in [1.54, 1.807) is 0 Å². The van der Waals surface area contributed by atoms with E-state index in [0.717, 1.165) is 6.04 Å². The molecule has 0 unspecified atom stereocenters. The van der Waals surface area contributed by atoms with Crippen molar-refractivity contribution in [1.82, 2.24) is 4.90 Å². The van der Waals surface area contributed by atoms with Crippen molar-refractivity contribution in [2.75, 3.05) is 13.1 Å². The normalized spacial score (nSPS) is 17.2. The van der Waals surface area contributed by atoms with Crippen molar-refractivity contribution >= 4 is 0 Å². The molecule has 0 aromatic carbocycles. The molecule has 0 aliphatic carbocycles. The lowest BCUT2D eigenvalue weighted by molar-refractivity contribution is 0.142. The Balaban J connectivity index is 2.24. The van der Waals surface area contributed by atoms with Crippen LogP contribution < -0.4 is 0 Å². The molecule has 19 heavy (non-hydrogen) atoms. The molecule has 1 rings (SSSR count). The third-order valence-corrected chi connectivity index (χ3v) is 4.69. The molecule has 1 aliphatic heterocycles. The first kappa shape index (κ1) is 17.0. The fraction of sp³-hybridized carbons (Fsp3) is 1.00. The summed E-state index contributed by atoms with van der Waals surface area (Å²) in [5, 5.41) is 0. The summed E-state index contributed by atoms with van der Waals surface area (Å²) in [4.78, 5) is 2.82. The Morgan fingerprint density at radius 2 is 1.21 bits per heavy atom. The SMILES string of the molecule is CCCCCCC(CCCCCC)N1CCCCC1. The van der Waals surface area contributed by atoms with E-state index < -0.39 is 0 Å². The highest BCUT2D eigenvalue weighted by atomic mass is 15.2. The van der Waals surface area contributed by atoms with Crippen LogP contribution >= 0.6 is 0 Å². The van der Waals surface area contributed by atoms with Gasteiger partial charge in [0.25, 0.3) is 0 Å². The van der Waals surface area contributed by atoms with Crippen molar-refractivity contribution < 1.29 is 0 Å². The summed E-state index contributed by atoms with van der Waals surface area (Å²) >= 11 is 0. The van der Waals surface area contributed by atoms with Crippen LogP contribution in [0.5, 0.6) is 0 Å². The second-order valence-corrected chi connectivity index (χ2v) is 6.45. The minimum absolute atomic E-state index is 0.911. The molecule has 1 nitrogen and oxygen atoms in total. The second kappa shape index (κ2) is 11.8. The van der Waals surface area contributed by atoms with Crippen molar-refractivity contribution in [1.29, 1.82) is 0 Å². The van der Waals surface area contributed by atoms with Crippen molar-refractivity contribution in [2.24, 2.45) is 0 Å². The van der Waals surface area contributed by atoms with Gasteiger partial charge in [0, 0.05) is 6.04 Å². The molecule has 1 heterocycles. The summed E-state index contributed by atoms with van der Waals surface area (Å²) in [5.74, 6) is 0. The van der Waals surface area contributed by atoms with Crippen LogP contribution in [-0.2, 0) is 0 Å². The van der Waals surface area contributed by atoms with Crippen LogP contribution in [0.1, 0.15) is 97.3 Å². The van der Waals surface area contributed by atoms with E-state index >= 15 is 0 Å². The van der Waals surface area contributed by atoms with Crippen molar-refractivity contribution in [3.05, 3.63) is 0 Å². The molecule has 1 fully saturated rings. The summed E-state index contributed by atoms with van der Waals surface area (Å²) in [6, 6.07) is 0.911. The molecule has 1 heteroatoms. The van der Waals surface area contributed by atoms with E-state index in [1.807, 2.05) is 0 Å². The van der Waals surface area contributed by atoms with Crippen molar-refractivity contribution in [2.45, 2.75) is 103 Å². The maximum Gasteiger partial charge on any atom is 0.00952 e. The van der Waals surface area contributed by atoms with Gasteiger partial charge in [-0.3, -0.25) is 0 Å². The average molecular weight is 268 g/mol. The van der Waals surface area contributed by atoms with Crippen LogP contribution in [-0.4, -0.2) is 24.0 Å². The van der Waals surface area contributed by atoms with Crippen LogP contribution in [0, 0.1) is 0 Å². The average Bonchev–Trinajstić information content (AvgIpc) is 2.46. The molecule has 0 bridgehead atoms. The molecule has 0 saturated carbocycles. The number of nitrogens with zero attached hydrogens (tertiary/aromatic N) is 1. The molecule has 0 aromatic rings. The monoisotopic (exact) mass is 267 g/mol. The molecular weight excluding hydrogens is 230 g/mol. The van der Waals surface area contributed by atoms with Gasteiger partial charge in [-0.25, -0.2) is 0 Å². The fourth-order valence-electron chi connectivity index (χ4n) is 3.41. The standard InChI is InChI=1S/C18H37N/c1-3-5-7-10-14-18(15-11-8-6-4-2)19-16-12-9-13-17-19/h18H,3-17H2,1-2H3. The molecule has 114 valence electrons. The molecule has 0 N–H and O–H groups in total. The van der Waals surface area contributed by atoms with Crippen molar-refractivity contribution in [3.63, 3.8) is 0 Å². The van der Waals surface area contributed by atoms with Crippen LogP contribution in [0.2, 0.25) is 0 Å². The highest BCUT2D eigenvalue weighted by Gasteiger charge is 2.19. The number of hydrogen-bond acceptors (Lipinski definition) is 1. The predicted octanol–water partition coefficient (Wildman–Crippen LogP) is 5.78. The number of piperidine rings is 1. The van der Waals surface area contributed by atoms with Crippen molar-refractivity contribution in [3.8, 4) is 0 Å².